The first-order chi connectivity index (χ1) is 12.4. The largest absolute Gasteiger partial charge is 0.487 e. The number of aromatic nitrogens is 1. The van der Waals surface area contributed by atoms with Crippen molar-refractivity contribution in [2.75, 3.05) is 0 Å². The van der Waals surface area contributed by atoms with Gasteiger partial charge in [0.05, 0.1) is 12.3 Å². The molecule has 4 heteroatoms. The highest BCUT2D eigenvalue weighted by molar-refractivity contribution is 5.33. The van der Waals surface area contributed by atoms with Crippen LogP contribution in [0.1, 0.15) is 22.4 Å². The first-order valence-electron chi connectivity index (χ1n) is 8.36. The highest BCUT2D eigenvalue weighted by Crippen LogP contribution is 2.19. The van der Waals surface area contributed by atoms with Crippen molar-refractivity contribution in [3.8, 4) is 5.75 Å². The van der Waals surface area contributed by atoms with Crippen molar-refractivity contribution >= 4 is 0 Å². The second kappa shape index (κ2) is 8.97. The zero-order chi connectivity index (χ0) is 17.3. The van der Waals surface area contributed by atoms with Crippen molar-refractivity contribution in [3.05, 3.63) is 95.3 Å². The van der Waals surface area contributed by atoms with Crippen LogP contribution in [-0.4, -0.2) is 10.1 Å². The molecule has 0 fully saturated rings. The fourth-order valence-corrected chi connectivity index (χ4v) is 2.64. The van der Waals surface area contributed by atoms with Gasteiger partial charge in [-0.2, -0.15) is 0 Å². The molecule has 2 aromatic carbocycles. The third-order valence-electron chi connectivity index (χ3n) is 3.99. The first-order valence-corrected chi connectivity index (χ1v) is 8.36. The van der Waals surface area contributed by atoms with Gasteiger partial charge in [-0.15, -0.1) is 0 Å². The van der Waals surface area contributed by atoms with E-state index in [9.17, 15) is 5.11 Å². The number of rotatable bonds is 8. The Morgan fingerprint density at radius 2 is 1.48 bits per heavy atom. The molecule has 0 radical (unpaired) electrons. The Hall–Kier alpha value is -2.69. The molecule has 2 N–H and O–H groups in total. The molecule has 4 nitrogen and oxygen atoms in total. The van der Waals surface area contributed by atoms with E-state index in [-0.39, 0.29) is 6.61 Å². The van der Waals surface area contributed by atoms with Crippen LogP contribution in [0.25, 0.3) is 0 Å². The van der Waals surface area contributed by atoms with Crippen molar-refractivity contribution in [2.24, 2.45) is 0 Å². The molecule has 3 aromatic rings. The van der Waals surface area contributed by atoms with Crippen molar-refractivity contribution in [2.45, 2.75) is 26.3 Å². The number of nitrogens with one attached hydrogen (secondary N) is 1. The van der Waals surface area contributed by atoms with E-state index < -0.39 is 0 Å². The molecular weight excluding hydrogens is 312 g/mol. The van der Waals surface area contributed by atoms with Crippen LogP contribution in [0.2, 0.25) is 0 Å². The zero-order valence-corrected chi connectivity index (χ0v) is 14.1. The van der Waals surface area contributed by atoms with Gasteiger partial charge in [0.15, 0.2) is 0 Å². The van der Waals surface area contributed by atoms with Gasteiger partial charge in [0.25, 0.3) is 0 Å². The molecule has 25 heavy (non-hydrogen) atoms. The maximum Gasteiger partial charge on any atom is 0.130 e. The Balaban J connectivity index is 1.59. The third-order valence-corrected chi connectivity index (χ3v) is 3.99. The van der Waals surface area contributed by atoms with Crippen LogP contribution in [0.5, 0.6) is 5.75 Å². The number of ether oxygens (including phenoxy) is 1. The Morgan fingerprint density at radius 1 is 0.800 bits per heavy atom. The van der Waals surface area contributed by atoms with E-state index in [0.29, 0.717) is 19.7 Å². The molecule has 1 aromatic heterocycles. The summed E-state index contributed by atoms with van der Waals surface area (Å²) in [6, 6.07) is 21.7. The van der Waals surface area contributed by atoms with E-state index in [0.717, 1.165) is 28.1 Å². The topological polar surface area (TPSA) is 54.4 Å². The van der Waals surface area contributed by atoms with E-state index in [1.165, 1.54) is 0 Å². The molecule has 0 atom stereocenters. The molecule has 3 rings (SSSR count). The van der Waals surface area contributed by atoms with E-state index in [2.05, 4.69) is 16.4 Å². The summed E-state index contributed by atoms with van der Waals surface area (Å²) in [4.78, 5) is 4.28. The predicted octanol–water partition coefficient (Wildman–Crippen LogP) is 3.44. The maximum atomic E-state index is 9.40. The van der Waals surface area contributed by atoms with Gasteiger partial charge in [0.1, 0.15) is 12.4 Å². The summed E-state index contributed by atoms with van der Waals surface area (Å²) in [6.45, 7) is 1.90. The Kier molecular flexibility index (Phi) is 6.15. The fourth-order valence-electron chi connectivity index (χ4n) is 2.64. The minimum Gasteiger partial charge on any atom is -0.487 e. The lowest BCUT2D eigenvalue weighted by Gasteiger charge is -2.13. The van der Waals surface area contributed by atoms with E-state index in [1.807, 2.05) is 60.7 Å². The van der Waals surface area contributed by atoms with Crippen molar-refractivity contribution in [1.29, 1.82) is 0 Å². The van der Waals surface area contributed by atoms with Crippen molar-refractivity contribution < 1.29 is 9.84 Å². The average Bonchev–Trinajstić information content (AvgIpc) is 2.68. The smallest absolute Gasteiger partial charge is 0.130 e. The van der Waals surface area contributed by atoms with E-state index in [1.54, 1.807) is 6.20 Å². The van der Waals surface area contributed by atoms with Crippen LogP contribution in [-0.2, 0) is 26.3 Å². The van der Waals surface area contributed by atoms with Crippen LogP contribution in [0.3, 0.4) is 0 Å². The summed E-state index contributed by atoms with van der Waals surface area (Å²) in [5, 5.41) is 12.8. The van der Waals surface area contributed by atoms with E-state index >= 15 is 0 Å². The van der Waals surface area contributed by atoms with Gasteiger partial charge in [0.2, 0.25) is 0 Å². The predicted molar refractivity (Wildman–Crippen MR) is 97.9 cm³/mol. The van der Waals surface area contributed by atoms with Crippen LogP contribution in [0.4, 0.5) is 0 Å². The zero-order valence-electron chi connectivity index (χ0n) is 14.1. The number of benzene rings is 2. The molecule has 1 heterocycles. The van der Waals surface area contributed by atoms with Gasteiger partial charge in [0, 0.05) is 24.8 Å². The molecule has 0 amide bonds. The number of pyridine rings is 1. The Labute approximate surface area is 148 Å². The van der Waals surface area contributed by atoms with Crippen molar-refractivity contribution in [1.82, 2.24) is 10.3 Å². The minimum absolute atomic E-state index is 0.0572. The van der Waals surface area contributed by atoms with Gasteiger partial charge in [-0.1, -0.05) is 48.5 Å². The second-order valence-electron chi connectivity index (χ2n) is 5.75. The van der Waals surface area contributed by atoms with Crippen LogP contribution >= 0.6 is 0 Å². The molecule has 0 unspecified atom stereocenters. The summed E-state index contributed by atoms with van der Waals surface area (Å²) in [6.07, 6.45) is 1.77. The minimum atomic E-state index is 0.0572. The van der Waals surface area contributed by atoms with Gasteiger partial charge in [-0.3, -0.25) is 4.98 Å². The SMILES string of the molecule is OCc1ccccc1CNCc1ccccc1OCc1ccccn1. The lowest BCUT2D eigenvalue weighted by atomic mass is 10.1. The summed E-state index contributed by atoms with van der Waals surface area (Å²) in [7, 11) is 0. The molecule has 0 aliphatic heterocycles. The standard InChI is InChI=1S/C21H22N2O2/c24-15-19-9-2-1-7-17(19)13-22-14-18-8-3-4-11-21(18)25-16-20-10-5-6-12-23-20/h1-12,22,24H,13-16H2. The van der Waals surface area contributed by atoms with Crippen LogP contribution in [0.15, 0.2) is 72.9 Å². The number of aliphatic hydroxyl groups excluding tert-OH is 1. The normalized spacial score (nSPS) is 10.6. The monoisotopic (exact) mass is 334 g/mol. The van der Waals surface area contributed by atoms with Crippen LogP contribution in [0, 0.1) is 0 Å². The number of aliphatic hydroxyl groups is 1. The molecule has 0 saturated carbocycles. The number of hydrogen-bond donors (Lipinski definition) is 2. The summed E-state index contributed by atoms with van der Waals surface area (Å²) >= 11 is 0. The summed E-state index contributed by atoms with van der Waals surface area (Å²) in [5.74, 6) is 0.857. The molecule has 0 saturated heterocycles. The molecule has 0 aliphatic rings. The summed E-state index contributed by atoms with van der Waals surface area (Å²) in [5.41, 5.74) is 4.06. The average molecular weight is 334 g/mol. The lowest BCUT2D eigenvalue weighted by Crippen LogP contribution is -2.15. The number of hydrogen-bond acceptors (Lipinski definition) is 4. The quantitative estimate of drug-likeness (QED) is 0.662. The summed E-state index contributed by atoms with van der Waals surface area (Å²) < 4.78 is 5.93. The molecular formula is C21H22N2O2. The molecule has 0 aliphatic carbocycles. The van der Waals surface area contributed by atoms with Gasteiger partial charge >= 0.3 is 0 Å². The number of para-hydroxylation sites is 1. The van der Waals surface area contributed by atoms with E-state index in [4.69, 9.17) is 4.74 Å². The fraction of sp³-hybridized carbons (Fsp3) is 0.190. The first kappa shape index (κ1) is 17.1. The maximum absolute atomic E-state index is 9.40. The Bertz CT molecular complexity index is 791. The van der Waals surface area contributed by atoms with Gasteiger partial charge in [-0.05, 0) is 29.3 Å². The highest BCUT2D eigenvalue weighted by atomic mass is 16.5. The van der Waals surface area contributed by atoms with Crippen molar-refractivity contribution in [3.63, 3.8) is 0 Å². The Morgan fingerprint density at radius 3 is 2.24 bits per heavy atom. The number of nitrogens with zero attached hydrogens (tertiary/aromatic N) is 1. The molecule has 128 valence electrons. The lowest BCUT2D eigenvalue weighted by molar-refractivity contribution is 0.280. The third kappa shape index (κ3) is 4.89. The van der Waals surface area contributed by atoms with Gasteiger partial charge in [-0.25, -0.2) is 0 Å². The second-order valence-corrected chi connectivity index (χ2v) is 5.75. The molecule has 0 spiro atoms. The molecule has 0 bridgehead atoms. The van der Waals surface area contributed by atoms with Crippen LogP contribution < -0.4 is 10.1 Å². The highest BCUT2D eigenvalue weighted by Gasteiger charge is 2.05. The van der Waals surface area contributed by atoms with Gasteiger partial charge < -0.3 is 15.2 Å².